The van der Waals surface area contributed by atoms with Crippen molar-refractivity contribution in [2.75, 3.05) is 16.0 Å². The molecule has 5 aromatic carbocycles. The van der Waals surface area contributed by atoms with E-state index in [1.807, 2.05) is 59.7 Å². The Hall–Kier alpha value is -7.09. The van der Waals surface area contributed by atoms with Gasteiger partial charge in [-0.15, -0.1) is 4.33 Å². The van der Waals surface area contributed by atoms with E-state index in [2.05, 4.69) is 35.9 Å². The smallest absolute Gasteiger partial charge is 0.357 e. The van der Waals surface area contributed by atoms with Crippen molar-refractivity contribution in [1.82, 2.24) is 19.5 Å². The van der Waals surface area contributed by atoms with Gasteiger partial charge in [0.25, 0.3) is 15.7 Å². The Balaban J connectivity index is 1.29. The van der Waals surface area contributed by atoms with Gasteiger partial charge in [-0.3, -0.25) is 23.5 Å². The number of hydrogen-bond donors (Lipinski definition) is 7. The minimum atomic E-state index is -5.10. The first-order valence-corrected chi connectivity index (χ1v) is 24.2. The Kier molecular flexibility index (Phi) is 13.2. The molecule has 0 fully saturated rings. The molecule has 0 amide bonds. The summed E-state index contributed by atoms with van der Waals surface area (Å²) in [6.45, 7) is 12.2. The van der Waals surface area contributed by atoms with Crippen molar-refractivity contribution in [2.45, 2.75) is 62.2 Å². The third-order valence-electron chi connectivity index (χ3n) is 11.3. The minimum absolute atomic E-state index is 0.0180. The van der Waals surface area contributed by atoms with Crippen LogP contribution in [0.3, 0.4) is 0 Å². The summed E-state index contributed by atoms with van der Waals surface area (Å²) in [5, 5.41) is 33.1. The molecule has 7 N–H and O–H groups in total. The summed E-state index contributed by atoms with van der Waals surface area (Å²) in [5.41, 5.74) is 1.08. The van der Waals surface area contributed by atoms with Gasteiger partial charge in [0.05, 0.1) is 50.6 Å². The predicted octanol–water partition coefficient (Wildman–Crippen LogP) is 8.89. The van der Waals surface area contributed by atoms with Gasteiger partial charge >= 0.3 is 17.4 Å². The van der Waals surface area contributed by atoms with E-state index >= 15 is 0 Å². The summed E-state index contributed by atoms with van der Waals surface area (Å²) in [7, 11) is -3.68. The largest absolute Gasteiger partial charge is 0.479 e. The number of aryl methyl sites for hydroxylation is 1. The highest BCUT2D eigenvalue weighted by molar-refractivity contribution is 7.94. The Bertz CT molecular complexity index is 3490. The highest BCUT2D eigenvalue weighted by Gasteiger charge is 2.35. The summed E-state index contributed by atoms with van der Waals surface area (Å²) in [5.74, 6) is -1.94. The van der Waals surface area contributed by atoms with Gasteiger partial charge in [-0.25, -0.2) is 5.26 Å². The van der Waals surface area contributed by atoms with Crippen molar-refractivity contribution in [3.8, 4) is 22.9 Å². The molecular formula is C47H43N7O13S3. The molecule has 2 aromatic heterocycles. The van der Waals surface area contributed by atoms with Gasteiger partial charge in [0, 0.05) is 34.8 Å². The molecule has 362 valence electrons. The number of fused-ring (bicyclic) bond motifs is 2. The molecule has 0 spiro atoms. The third-order valence-corrected chi connectivity index (χ3v) is 13.2. The maximum Gasteiger partial charge on any atom is 0.357 e. The number of pyridine rings is 1. The molecule has 8 rings (SSSR count). The molecule has 0 saturated carbocycles. The first-order valence-electron chi connectivity index (χ1n) is 20.9. The Morgan fingerprint density at radius 2 is 1.41 bits per heavy atom. The van der Waals surface area contributed by atoms with Crippen LogP contribution in [0.1, 0.15) is 84.5 Å². The molecule has 70 heavy (non-hydrogen) atoms. The van der Waals surface area contributed by atoms with Gasteiger partial charge in [0.15, 0.2) is 11.6 Å². The second-order valence-electron chi connectivity index (χ2n) is 18.0. The second-order valence-corrected chi connectivity index (χ2v) is 20.7. The van der Waals surface area contributed by atoms with Crippen molar-refractivity contribution in [3.05, 3.63) is 135 Å². The van der Waals surface area contributed by atoms with E-state index in [1.165, 1.54) is 60.1 Å². The molecule has 0 aliphatic heterocycles. The second kappa shape index (κ2) is 18.7. The highest BCUT2D eigenvalue weighted by Crippen LogP contribution is 2.46. The fourth-order valence-electron chi connectivity index (χ4n) is 8.28. The van der Waals surface area contributed by atoms with Crippen LogP contribution in [0.5, 0.6) is 11.8 Å². The van der Waals surface area contributed by atoms with Crippen LogP contribution in [0.25, 0.3) is 22.0 Å². The molecule has 0 radical (unpaired) electrons. The number of carbonyl (C=O) groups excluding carboxylic acids is 2. The molecule has 1 aliphatic rings. The number of anilines is 6. The van der Waals surface area contributed by atoms with Crippen molar-refractivity contribution in [2.24, 2.45) is 7.05 Å². The maximum atomic E-state index is 14.8. The van der Waals surface area contributed by atoms with E-state index in [0.29, 0.717) is 17.7 Å². The lowest BCUT2D eigenvalue weighted by atomic mass is 9.79. The molecule has 20 nitrogen and oxygen atoms in total. The number of carbonyl (C=O) groups is 2. The SMILES string of the molecule is Cn1c(=O)c(C(=O)c2cccc(OS(=O)O)c2)c2c3c(c(Nc4cc(Nc5nc(O)nc(Nc6c(C(C)(C)C)cccc6C(C)(C)C)n5)c(S(=O)(=O)O)cc4SOOO)ccc31)C(=O)c1ccccc1-2. The van der Waals surface area contributed by atoms with Gasteiger partial charge in [-0.1, -0.05) is 101 Å². The Morgan fingerprint density at radius 3 is 2.04 bits per heavy atom. The minimum Gasteiger partial charge on any atom is -0.479 e. The van der Waals surface area contributed by atoms with Crippen molar-refractivity contribution in [1.29, 1.82) is 0 Å². The molecular weight excluding hydrogens is 967 g/mol. The number of hydrogen-bond acceptors (Lipinski definition) is 18. The summed E-state index contributed by atoms with van der Waals surface area (Å²) in [4.78, 5) is 55.2. The van der Waals surface area contributed by atoms with Crippen molar-refractivity contribution < 1.29 is 55.2 Å². The maximum absolute atomic E-state index is 14.8. The zero-order valence-corrected chi connectivity index (χ0v) is 40.6. The average Bonchev–Trinajstić information content (AvgIpc) is 3.27. The van der Waals surface area contributed by atoms with Crippen LogP contribution >= 0.6 is 12.0 Å². The Morgan fingerprint density at radius 1 is 0.771 bits per heavy atom. The fourth-order valence-corrected chi connectivity index (χ4v) is 9.75. The summed E-state index contributed by atoms with van der Waals surface area (Å²) in [6, 6.07) is 22.0. The van der Waals surface area contributed by atoms with E-state index in [1.54, 1.807) is 18.2 Å². The number of para-hydroxylation sites is 1. The molecule has 1 unspecified atom stereocenters. The zero-order valence-electron chi connectivity index (χ0n) is 38.1. The molecule has 7 aromatic rings. The van der Waals surface area contributed by atoms with E-state index in [-0.39, 0.29) is 94.7 Å². The first-order chi connectivity index (χ1) is 33.0. The van der Waals surface area contributed by atoms with Crippen LogP contribution in [-0.2, 0) is 48.7 Å². The molecule has 0 saturated heterocycles. The van der Waals surface area contributed by atoms with Gasteiger partial charge in [0.1, 0.15) is 10.6 Å². The average molecular weight is 1010 g/mol. The van der Waals surface area contributed by atoms with Gasteiger partial charge in [-0.2, -0.15) is 27.6 Å². The number of aromatic hydroxyl groups is 1. The standard InChI is InChI=1S/C47H43N7O13S3/c1-46(2,3)27-16-11-17-28(47(4,5)6)39(27)50-44-51-43(52-45(58)53-44)49-31-21-30(33(68-67-66-59)22-34(31)70(62,63)64)48-29-18-19-32-37-35(25-14-8-9-15-26(25)41(56)36(29)37)38(42(57)54(32)7)40(55)23-12-10-13-24(20-23)65-69(60)61/h8-22,48,59H,1-7H3,(H,60,61)(H,62,63,64)(H3,49,50,51,52,53,58). The quantitative estimate of drug-likeness (QED) is 0.0134. The normalized spacial score (nSPS) is 12.9. The highest BCUT2D eigenvalue weighted by atomic mass is 32.2. The topological polar surface area (TPSA) is 291 Å². The van der Waals surface area contributed by atoms with Crippen LogP contribution in [0.2, 0.25) is 0 Å². The summed E-state index contributed by atoms with van der Waals surface area (Å²) < 4.78 is 68.3. The molecule has 1 aliphatic carbocycles. The molecule has 2 heterocycles. The van der Waals surface area contributed by atoms with E-state index in [4.69, 9.17) is 13.8 Å². The number of aromatic nitrogens is 4. The lowest BCUT2D eigenvalue weighted by Crippen LogP contribution is -2.29. The van der Waals surface area contributed by atoms with Crippen LogP contribution in [0.4, 0.5) is 34.6 Å². The van der Waals surface area contributed by atoms with Gasteiger partial charge in [0.2, 0.25) is 11.9 Å². The van der Waals surface area contributed by atoms with Crippen molar-refractivity contribution in [3.63, 3.8) is 0 Å². The lowest BCUT2D eigenvalue weighted by Gasteiger charge is -2.30. The van der Waals surface area contributed by atoms with Gasteiger partial charge < -0.3 is 29.8 Å². The van der Waals surface area contributed by atoms with Crippen LogP contribution in [-0.4, -0.2) is 63.2 Å². The number of ketones is 2. The number of nitrogens with zero attached hydrogens (tertiary/aromatic N) is 4. The summed E-state index contributed by atoms with van der Waals surface area (Å²) >= 11 is -2.41. The number of rotatable bonds is 14. The zero-order chi connectivity index (χ0) is 50.6. The molecule has 1 atom stereocenters. The predicted molar refractivity (Wildman–Crippen MR) is 261 cm³/mol. The Labute approximate surface area is 406 Å². The first kappa shape index (κ1) is 49.3. The summed E-state index contributed by atoms with van der Waals surface area (Å²) in [6.07, 6.45) is 0. The third kappa shape index (κ3) is 9.60. The van der Waals surface area contributed by atoms with Crippen LogP contribution in [0.15, 0.2) is 106 Å². The van der Waals surface area contributed by atoms with E-state index in [0.717, 1.165) is 17.2 Å². The lowest BCUT2D eigenvalue weighted by molar-refractivity contribution is -0.432. The van der Waals surface area contributed by atoms with Crippen molar-refractivity contribution >= 4 is 90.6 Å². The van der Waals surface area contributed by atoms with Gasteiger partial charge in [-0.05, 0) is 63.9 Å². The molecule has 23 heteroatoms. The number of benzene rings is 5. The van der Waals surface area contributed by atoms with Crippen LogP contribution in [0, 0.1) is 0 Å². The van der Waals surface area contributed by atoms with E-state index < -0.39 is 49.5 Å². The van der Waals surface area contributed by atoms with Crippen LogP contribution < -0.4 is 25.7 Å². The molecule has 0 bridgehead atoms. The number of nitrogens with one attached hydrogen (secondary N) is 3. The monoisotopic (exact) mass is 1010 g/mol. The fraction of sp³-hybridized carbons (Fsp3) is 0.191. The van der Waals surface area contributed by atoms with E-state index in [9.17, 15) is 41.2 Å².